The third-order valence-electron chi connectivity index (χ3n) is 12.3. The van der Waals surface area contributed by atoms with Crippen molar-refractivity contribution in [3.05, 3.63) is 235 Å². The molecule has 1 aliphatic carbocycles. The maximum absolute atomic E-state index is 7.17. The molecular weight excluding hydrogens is 691 g/mol. The lowest BCUT2D eigenvalue weighted by atomic mass is 9.65. The van der Waals surface area contributed by atoms with Crippen molar-refractivity contribution in [3.63, 3.8) is 0 Å². The fourth-order valence-electron chi connectivity index (χ4n) is 9.89. The first-order chi connectivity index (χ1) is 28.3. The Labute approximate surface area is 331 Å². The van der Waals surface area contributed by atoms with Crippen molar-refractivity contribution in [1.29, 1.82) is 0 Å². The van der Waals surface area contributed by atoms with Gasteiger partial charge in [-0.1, -0.05) is 182 Å². The zero-order valence-electron chi connectivity index (χ0n) is 31.1. The third kappa shape index (κ3) is 4.53. The van der Waals surface area contributed by atoms with E-state index in [1.807, 2.05) is 0 Å². The zero-order valence-corrected chi connectivity index (χ0v) is 31.1. The molecule has 0 atom stereocenters. The molecular formula is C55H35NO. The van der Waals surface area contributed by atoms with Gasteiger partial charge in [0.15, 0.2) is 0 Å². The van der Waals surface area contributed by atoms with Crippen molar-refractivity contribution in [2.75, 3.05) is 4.90 Å². The van der Waals surface area contributed by atoms with Crippen molar-refractivity contribution >= 4 is 49.4 Å². The summed E-state index contributed by atoms with van der Waals surface area (Å²) in [6.45, 7) is 0. The highest BCUT2D eigenvalue weighted by Gasteiger charge is 2.52. The predicted octanol–water partition coefficient (Wildman–Crippen LogP) is 14.8. The molecule has 1 spiro atoms. The van der Waals surface area contributed by atoms with Gasteiger partial charge in [0, 0.05) is 38.7 Å². The Morgan fingerprint density at radius 2 is 0.842 bits per heavy atom. The van der Waals surface area contributed by atoms with Crippen LogP contribution < -0.4 is 9.64 Å². The average molecular weight is 726 g/mol. The lowest BCUT2D eigenvalue weighted by Crippen LogP contribution is -2.32. The molecule has 10 aromatic rings. The molecule has 2 nitrogen and oxygen atoms in total. The summed E-state index contributed by atoms with van der Waals surface area (Å²) in [5.41, 5.74) is 12.6. The van der Waals surface area contributed by atoms with Crippen LogP contribution >= 0.6 is 0 Å². The van der Waals surface area contributed by atoms with Crippen molar-refractivity contribution in [2.45, 2.75) is 5.41 Å². The molecule has 0 fully saturated rings. The molecule has 0 bridgehead atoms. The van der Waals surface area contributed by atoms with Crippen LogP contribution in [0.2, 0.25) is 0 Å². The number of anilines is 3. The first-order valence-corrected chi connectivity index (χ1v) is 19.7. The second-order valence-electron chi connectivity index (χ2n) is 15.2. The van der Waals surface area contributed by atoms with E-state index >= 15 is 0 Å². The molecule has 0 saturated heterocycles. The molecule has 1 aliphatic heterocycles. The van der Waals surface area contributed by atoms with E-state index in [0.29, 0.717) is 0 Å². The van der Waals surface area contributed by atoms with E-state index in [1.165, 1.54) is 66.1 Å². The Hall–Kier alpha value is -7.42. The quantitative estimate of drug-likeness (QED) is 0.179. The highest BCUT2D eigenvalue weighted by molar-refractivity contribution is 6.03. The number of hydrogen-bond acceptors (Lipinski definition) is 2. The Morgan fingerprint density at radius 3 is 1.54 bits per heavy atom. The number of para-hydroxylation sites is 1. The molecule has 57 heavy (non-hydrogen) atoms. The minimum atomic E-state index is -0.586. The summed E-state index contributed by atoms with van der Waals surface area (Å²) in [5, 5.41) is 7.03. The van der Waals surface area contributed by atoms with E-state index in [1.54, 1.807) is 0 Å². The lowest BCUT2D eigenvalue weighted by Gasteiger charge is -2.40. The molecule has 2 aliphatic rings. The van der Waals surface area contributed by atoms with Gasteiger partial charge < -0.3 is 9.64 Å². The molecule has 10 aromatic carbocycles. The van der Waals surface area contributed by atoms with Crippen LogP contribution in [0.1, 0.15) is 22.3 Å². The maximum Gasteiger partial charge on any atom is 0.140 e. The molecule has 266 valence electrons. The van der Waals surface area contributed by atoms with Crippen LogP contribution in [0.4, 0.5) is 17.1 Å². The molecule has 0 saturated carbocycles. The van der Waals surface area contributed by atoms with Crippen LogP contribution in [0.15, 0.2) is 212 Å². The molecule has 0 unspecified atom stereocenters. The summed E-state index contributed by atoms with van der Waals surface area (Å²) in [7, 11) is 0. The molecule has 1 heterocycles. The fourth-order valence-corrected chi connectivity index (χ4v) is 9.89. The van der Waals surface area contributed by atoms with Crippen molar-refractivity contribution in [3.8, 4) is 33.8 Å². The first-order valence-electron chi connectivity index (χ1n) is 19.7. The molecule has 0 radical (unpaired) electrons. The second-order valence-corrected chi connectivity index (χ2v) is 15.2. The Kier molecular flexibility index (Phi) is 6.88. The van der Waals surface area contributed by atoms with E-state index in [4.69, 9.17) is 4.74 Å². The van der Waals surface area contributed by atoms with Gasteiger partial charge in [-0.25, -0.2) is 0 Å². The summed E-state index contributed by atoms with van der Waals surface area (Å²) in [6, 6.07) is 77.3. The van der Waals surface area contributed by atoms with Crippen molar-refractivity contribution < 1.29 is 4.74 Å². The monoisotopic (exact) mass is 725 g/mol. The van der Waals surface area contributed by atoms with Crippen LogP contribution in [0.3, 0.4) is 0 Å². The normalized spacial score (nSPS) is 13.2. The molecule has 0 aromatic heterocycles. The van der Waals surface area contributed by atoms with Gasteiger partial charge in [0.1, 0.15) is 11.5 Å². The third-order valence-corrected chi connectivity index (χ3v) is 12.3. The van der Waals surface area contributed by atoms with Gasteiger partial charge in [-0.2, -0.15) is 0 Å². The van der Waals surface area contributed by atoms with E-state index in [2.05, 4.69) is 217 Å². The topological polar surface area (TPSA) is 12.5 Å². The maximum atomic E-state index is 7.17. The van der Waals surface area contributed by atoms with Gasteiger partial charge in [0.2, 0.25) is 0 Å². The predicted molar refractivity (Wildman–Crippen MR) is 236 cm³/mol. The largest absolute Gasteiger partial charge is 0.455 e. The lowest BCUT2D eigenvalue weighted by molar-refractivity contribution is 0.447. The van der Waals surface area contributed by atoms with Gasteiger partial charge in [-0.05, 0) is 79.9 Å². The Morgan fingerprint density at radius 1 is 0.333 bits per heavy atom. The molecule has 0 N–H and O–H groups in total. The second kappa shape index (κ2) is 12.3. The Bertz CT molecular complexity index is 3130. The minimum Gasteiger partial charge on any atom is -0.455 e. The highest BCUT2D eigenvalue weighted by atomic mass is 16.5. The number of rotatable bonds is 4. The molecule has 12 rings (SSSR count). The van der Waals surface area contributed by atoms with Crippen molar-refractivity contribution in [2.24, 2.45) is 0 Å². The number of ether oxygens (including phenoxy) is 1. The van der Waals surface area contributed by atoms with Gasteiger partial charge in [0.05, 0.1) is 11.1 Å². The van der Waals surface area contributed by atoms with Gasteiger partial charge >= 0.3 is 0 Å². The minimum absolute atomic E-state index is 0.586. The summed E-state index contributed by atoms with van der Waals surface area (Å²) in [6.07, 6.45) is 0. The Balaban J connectivity index is 1.09. The fraction of sp³-hybridized carbons (Fsp3) is 0.0182. The van der Waals surface area contributed by atoms with Crippen LogP contribution in [0.25, 0.3) is 54.6 Å². The highest BCUT2D eigenvalue weighted by Crippen LogP contribution is 2.65. The zero-order chi connectivity index (χ0) is 37.5. The number of hydrogen-bond donors (Lipinski definition) is 0. The SMILES string of the molecule is c1ccc(N(c2ccc(-c3cccc4c3-c3ccccc3C43c4ccc5ccccc5c4Oc4c3ccc3ccccc43)cc2)c2cccc3ccccc23)cc1. The van der Waals surface area contributed by atoms with Crippen molar-refractivity contribution in [1.82, 2.24) is 0 Å². The van der Waals surface area contributed by atoms with Crippen LogP contribution in [0.5, 0.6) is 11.5 Å². The van der Waals surface area contributed by atoms with E-state index in [0.717, 1.165) is 39.3 Å². The molecule has 2 heteroatoms. The number of nitrogens with zero attached hydrogens (tertiary/aromatic N) is 1. The number of benzene rings is 10. The average Bonchev–Trinajstić information content (AvgIpc) is 3.58. The summed E-state index contributed by atoms with van der Waals surface area (Å²) < 4.78 is 7.17. The number of fused-ring (bicyclic) bond motifs is 14. The van der Waals surface area contributed by atoms with Gasteiger partial charge in [-0.3, -0.25) is 0 Å². The van der Waals surface area contributed by atoms with E-state index < -0.39 is 5.41 Å². The van der Waals surface area contributed by atoms with Gasteiger partial charge in [-0.15, -0.1) is 0 Å². The smallest absolute Gasteiger partial charge is 0.140 e. The summed E-state index contributed by atoms with van der Waals surface area (Å²) in [5.74, 6) is 1.87. The standard InChI is InChI=1S/C55H35NO/c1-2-18-40(19-3-1)56(51-27-12-17-36-14-4-7-20-42(36)51)41-32-28-39(29-33-41)43-24-13-26-48-52(43)46-23-10-11-25-47(46)55(48)49-34-30-37-15-5-8-21-44(37)53(49)57-54-45-22-9-6-16-38(45)31-35-50(54)55/h1-35H. The van der Waals surface area contributed by atoms with E-state index in [-0.39, 0.29) is 0 Å². The summed E-state index contributed by atoms with van der Waals surface area (Å²) >= 11 is 0. The van der Waals surface area contributed by atoms with E-state index in [9.17, 15) is 0 Å². The first kappa shape index (κ1) is 31.9. The molecule has 0 amide bonds. The van der Waals surface area contributed by atoms with Crippen LogP contribution in [0, 0.1) is 0 Å². The van der Waals surface area contributed by atoms with Gasteiger partial charge in [0.25, 0.3) is 0 Å². The summed E-state index contributed by atoms with van der Waals surface area (Å²) in [4.78, 5) is 2.37. The van der Waals surface area contributed by atoms with Crippen LogP contribution in [-0.4, -0.2) is 0 Å². The van der Waals surface area contributed by atoms with Crippen LogP contribution in [-0.2, 0) is 5.41 Å².